The maximum atomic E-state index is 12.3. The second-order valence-electron chi connectivity index (χ2n) is 5.20. The molecule has 1 heterocycles. The van der Waals surface area contributed by atoms with E-state index >= 15 is 0 Å². The summed E-state index contributed by atoms with van der Waals surface area (Å²) in [6.45, 7) is 3.97. The first-order chi connectivity index (χ1) is 8.95. The zero-order valence-electron chi connectivity index (χ0n) is 11.5. The molecule has 0 radical (unpaired) electrons. The van der Waals surface area contributed by atoms with E-state index in [4.69, 9.17) is 5.73 Å². The lowest BCUT2D eigenvalue weighted by molar-refractivity contribution is 0.484. The van der Waals surface area contributed by atoms with E-state index in [1.54, 1.807) is 4.68 Å². The Morgan fingerprint density at radius 3 is 2.74 bits per heavy atom. The smallest absolute Gasteiger partial charge is 0.246 e. The Morgan fingerprint density at radius 1 is 1.53 bits per heavy atom. The van der Waals surface area contributed by atoms with E-state index in [2.05, 4.69) is 9.82 Å². The van der Waals surface area contributed by atoms with Crippen LogP contribution < -0.4 is 10.5 Å². The molecule has 1 unspecified atom stereocenters. The largest absolute Gasteiger partial charge is 0.383 e. The lowest BCUT2D eigenvalue weighted by Gasteiger charge is -2.14. The van der Waals surface area contributed by atoms with Crippen molar-refractivity contribution in [2.24, 2.45) is 0 Å². The summed E-state index contributed by atoms with van der Waals surface area (Å²) in [7, 11) is -3.55. The van der Waals surface area contributed by atoms with E-state index in [0.29, 0.717) is 0 Å². The van der Waals surface area contributed by atoms with Crippen LogP contribution in [-0.2, 0) is 10.0 Å². The topological polar surface area (TPSA) is 90.0 Å². The van der Waals surface area contributed by atoms with Crippen LogP contribution in [-0.4, -0.2) is 24.2 Å². The fraction of sp³-hybridized carbons (Fsp3) is 0.750. The number of hydrogen-bond donors (Lipinski definition) is 2. The maximum Gasteiger partial charge on any atom is 0.246 e. The molecule has 0 saturated heterocycles. The fourth-order valence-corrected chi connectivity index (χ4v) is 3.77. The monoisotopic (exact) mass is 286 g/mol. The standard InChI is InChI=1S/C12H22N4O2S/c1-3-9(2)16-12(13)11(8-14-16)19(17,18)15-10-6-4-5-7-10/h8-10,15H,3-7,13H2,1-2H3. The van der Waals surface area contributed by atoms with Gasteiger partial charge in [0.05, 0.1) is 12.2 Å². The quantitative estimate of drug-likeness (QED) is 0.861. The minimum atomic E-state index is -3.55. The lowest BCUT2D eigenvalue weighted by atomic mass is 10.3. The van der Waals surface area contributed by atoms with Crippen LogP contribution in [0.3, 0.4) is 0 Å². The molecule has 0 bridgehead atoms. The van der Waals surface area contributed by atoms with Crippen molar-refractivity contribution in [3.8, 4) is 0 Å². The number of nitrogens with zero attached hydrogens (tertiary/aromatic N) is 2. The van der Waals surface area contributed by atoms with Crippen LogP contribution in [0.1, 0.15) is 52.0 Å². The van der Waals surface area contributed by atoms with Crippen LogP contribution in [0.25, 0.3) is 0 Å². The van der Waals surface area contributed by atoms with Crippen LogP contribution in [0, 0.1) is 0 Å². The summed E-state index contributed by atoms with van der Waals surface area (Å²) >= 11 is 0. The van der Waals surface area contributed by atoms with Crippen LogP contribution in [0.5, 0.6) is 0 Å². The normalized spacial score (nSPS) is 18.8. The highest BCUT2D eigenvalue weighted by atomic mass is 32.2. The Balaban J connectivity index is 2.23. The van der Waals surface area contributed by atoms with E-state index in [1.165, 1.54) is 6.20 Å². The molecular formula is C12H22N4O2S. The molecule has 0 aliphatic heterocycles. The van der Waals surface area contributed by atoms with Gasteiger partial charge >= 0.3 is 0 Å². The first kappa shape index (κ1) is 14.3. The van der Waals surface area contributed by atoms with Crippen LogP contribution in [0.4, 0.5) is 5.82 Å². The SMILES string of the molecule is CCC(C)n1ncc(S(=O)(=O)NC2CCCC2)c1N. The Hall–Kier alpha value is -1.08. The fourth-order valence-electron chi connectivity index (χ4n) is 2.41. The van der Waals surface area contributed by atoms with Gasteiger partial charge in [-0.15, -0.1) is 0 Å². The van der Waals surface area contributed by atoms with Gasteiger partial charge in [0, 0.05) is 6.04 Å². The predicted octanol–water partition coefficient (Wildman–Crippen LogP) is 1.66. The highest BCUT2D eigenvalue weighted by molar-refractivity contribution is 7.89. The van der Waals surface area contributed by atoms with Crippen molar-refractivity contribution >= 4 is 15.8 Å². The molecule has 1 saturated carbocycles. The van der Waals surface area contributed by atoms with Gasteiger partial charge in [0.1, 0.15) is 10.7 Å². The van der Waals surface area contributed by atoms with Gasteiger partial charge < -0.3 is 5.73 Å². The van der Waals surface area contributed by atoms with E-state index in [1.807, 2.05) is 13.8 Å². The minimum Gasteiger partial charge on any atom is -0.383 e. The van der Waals surface area contributed by atoms with Gasteiger partial charge in [0.25, 0.3) is 0 Å². The first-order valence-corrected chi connectivity index (χ1v) is 8.29. The van der Waals surface area contributed by atoms with Gasteiger partial charge in [-0.25, -0.2) is 17.8 Å². The van der Waals surface area contributed by atoms with E-state index < -0.39 is 10.0 Å². The molecule has 7 heteroatoms. The molecule has 6 nitrogen and oxygen atoms in total. The van der Waals surface area contributed by atoms with Crippen molar-refractivity contribution < 1.29 is 8.42 Å². The van der Waals surface area contributed by atoms with Gasteiger partial charge in [0.15, 0.2) is 0 Å². The number of nitrogens with one attached hydrogen (secondary N) is 1. The Bertz CT molecular complexity index is 532. The number of aromatic nitrogens is 2. The van der Waals surface area contributed by atoms with Crippen molar-refractivity contribution in [2.45, 2.75) is 62.9 Å². The molecule has 0 aromatic carbocycles. The van der Waals surface area contributed by atoms with Crippen molar-refractivity contribution in [3.05, 3.63) is 6.20 Å². The van der Waals surface area contributed by atoms with E-state index in [-0.39, 0.29) is 22.8 Å². The van der Waals surface area contributed by atoms with Crippen molar-refractivity contribution in [1.82, 2.24) is 14.5 Å². The second kappa shape index (κ2) is 5.50. The van der Waals surface area contributed by atoms with E-state index in [0.717, 1.165) is 32.1 Å². The third-order valence-electron chi connectivity index (χ3n) is 3.77. The molecule has 19 heavy (non-hydrogen) atoms. The number of sulfonamides is 1. The Labute approximate surface area is 114 Å². The van der Waals surface area contributed by atoms with Gasteiger partial charge in [-0.3, -0.25) is 0 Å². The van der Waals surface area contributed by atoms with E-state index in [9.17, 15) is 8.42 Å². The average Bonchev–Trinajstić information content (AvgIpc) is 2.97. The summed E-state index contributed by atoms with van der Waals surface area (Å²) in [5, 5.41) is 4.10. The number of nitrogen functional groups attached to an aromatic ring is 1. The Morgan fingerprint density at radius 2 is 2.16 bits per heavy atom. The molecule has 3 N–H and O–H groups in total. The molecule has 1 aromatic heterocycles. The molecule has 1 aliphatic rings. The highest BCUT2D eigenvalue weighted by Gasteiger charge is 2.27. The second-order valence-corrected chi connectivity index (χ2v) is 6.88. The summed E-state index contributed by atoms with van der Waals surface area (Å²) in [5.41, 5.74) is 5.92. The summed E-state index contributed by atoms with van der Waals surface area (Å²) in [6, 6.07) is 0.131. The molecule has 108 valence electrons. The third kappa shape index (κ3) is 2.92. The average molecular weight is 286 g/mol. The summed E-state index contributed by atoms with van der Waals surface area (Å²) < 4.78 is 28.9. The van der Waals surface area contributed by atoms with Crippen molar-refractivity contribution in [1.29, 1.82) is 0 Å². The molecule has 1 atom stereocenters. The number of anilines is 1. The highest BCUT2D eigenvalue weighted by Crippen LogP contribution is 2.25. The molecule has 1 aliphatic carbocycles. The minimum absolute atomic E-state index is 0.0383. The van der Waals surface area contributed by atoms with Gasteiger partial charge in [-0.1, -0.05) is 19.8 Å². The molecule has 0 amide bonds. The van der Waals surface area contributed by atoms with Gasteiger partial charge in [-0.05, 0) is 26.2 Å². The third-order valence-corrected chi connectivity index (χ3v) is 5.31. The Kier molecular flexibility index (Phi) is 4.15. The lowest BCUT2D eigenvalue weighted by Crippen LogP contribution is -2.33. The zero-order valence-corrected chi connectivity index (χ0v) is 12.3. The number of rotatable bonds is 5. The summed E-state index contributed by atoms with van der Waals surface area (Å²) in [6.07, 6.45) is 6.15. The summed E-state index contributed by atoms with van der Waals surface area (Å²) in [4.78, 5) is 0.0969. The van der Waals surface area contributed by atoms with Crippen molar-refractivity contribution in [3.63, 3.8) is 0 Å². The van der Waals surface area contributed by atoms with Gasteiger partial charge in [0.2, 0.25) is 10.0 Å². The zero-order chi connectivity index (χ0) is 14.0. The van der Waals surface area contributed by atoms with Gasteiger partial charge in [-0.2, -0.15) is 5.10 Å². The predicted molar refractivity (Wildman–Crippen MR) is 74.2 cm³/mol. The molecular weight excluding hydrogens is 264 g/mol. The number of hydrogen-bond acceptors (Lipinski definition) is 4. The molecule has 1 aromatic rings. The van der Waals surface area contributed by atoms with Crippen LogP contribution >= 0.6 is 0 Å². The van der Waals surface area contributed by atoms with Crippen molar-refractivity contribution in [2.75, 3.05) is 5.73 Å². The maximum absolute atomic E-state index is 12.3. The molecule has 0 spiro atoms. The van der Waals surface area contributed by atoms with Crippen LogP contribution in [0.15, 0.2) is 11.1 Å². The first-order valence-electron chi connectivity index (χ1n) is 6.81. The summed E-state index contributed by atoms with van der Waals surface area (Å²) in [5.74, 6) is 0.222. The number of nitrogens with two attached hydrogens (primary N) is 1. The molecule has 1 fully saturated rings. The van der Waals surface area contributed by atoms with Crippen LogP contribution in [0.2, 0.25) is 0 Å². The molecule has 2 rings (SSSR count).